The third kappa shape index (κ3) is 3.86. The molecule has 2 aliphatic rings. The molecule has 1 unspecified atom stereocenters. The Kier molecular flexibility index (Phi) is 5.92. The summed E-state index contributed by atoms with van der Waals surface area (Å²) in [5.74, 6) is 0.334. The Morgan fingerprint density at radius 2 is 1.72 bits per heavy atom. The van der Waals surface area contributed by atoms with Crippen LogP contribution in [0.15, 0.2) is 66.2 Å². The normalized spacial score (nSPS) is 18.2. The Labute approximate surface area is 209 Å². The minimum Gasteiger partial charge on any atom is -0.507 e. The summed E-state index contributed by atoms with van der Waals surface area (Å²) in [6.07, 6.45) is 0. The van der Waals surface area contributed by atoms with Crippen molar-refractivity contribution in [3.8, 4) is 17.2 Å². The number of methoxy groups -OCH3 is 1. The van der Waals surface area contributed by atoms with Crippen LogP contribution in [0.25, 0.3) is 5.76 Å². The molecule has 1 N–H and O–H groups in total. The third-order valence-electron chi connectivity index (χ3n) is 6.67. The lowest BCUT2D eigenvalue weighted by molar-refractivity contribution is -0.132. The Morgan fingerprint density at radius 3 is 2.39 bits per heavy atom. The molecule has 1 fully saturated rings. The highest BCUT2D eigenvalue weighted by Crippen LogP contribution is 2.45. The van der Waals surface area contributed by atoms with Gasteiger partial charge in [-0.3, -0.25) is 14.5 Å². The largest absolute Gasteiger partial charge is 0.507 e. The summed E-state index contributed by atoms with van der Waals surface area (Å²) >= 11 is 0. The summed E-state index contributed by atoms with van der Waals surface area (Å²) < 4.78 is 16.2. The number of fused-ring (bicyclic) bond motifs is 1. The number of rotatable bonds is 5. The maximum absolute atomic E-state index is 13.4. The SMILES string of the molecule is COc1ccc(/C(O)=C2\C(=O)C(=O)N(c3ccc4c(c3)OCO4)C2c2ccc(C(C)C)cc2)cc1C. The van der Waals surface area contributed by atoms with Gasteiger partial charge in [0.25, 0.3) is 11.7 Å². The second kappa shape index (κ2) is 9.07. The predicted octanol–water partition coefficient (Wildman–Crippen LogP) is 5.48. The zero-order chi connectivity index (χ0) is 25.6. The smallest absolute Gasteiger partial charge is 0.300 e. The molecule has 0 bridgehead atoms. The summed E-state index contributed by atoms with van der Waals surface area (Å²) in [6, 6.07) is 17.2. The molecule has 3 aromatic rings. The Balaban J connectivity index is 1.69. The predicted molar refractivity (Wildman–Crippen MR) is 136 cm³/mol. The van der Waals surface area contributed by atoms with Crippen LogP contribution in [0.4, 0.5) is 5.69 Å². The highest BCUT2D eigenvalue weighted by atomic mass is 16.7. The molecule has 3 aromatic carbocycles. The molecular formula is C29H27NO6. The molecule has 1 saturated heterocycles. The number of aryl methyl sites for hydroxylation is 1. The number of hydrogen-bond acceptors (Lipinski definition) is 6. The summed E-state index contributed by atoms with van der Waals surface area (Å²) in [7, 11) is 1.57. The number of anilines is 1. The molecule has 7 nitrogen and oxygen atoms in total. The molecule has 5 rings (SSSR count). The van der Waals surface area contributed by atoms with Crippen molar-refractivity contribution < 1.29 is 28.9 Å². The highest BCUT2D eigenvalue weighted by molar-refractivity contribution is 6.51. The van der Waals surface area contributed by atoms with Crippen molar-refractivity contribution in [1.82, 2.24) is 0 Å². The van der Waals surface area contributed by atoms with Gasteiger partial charge in [0.1, 0.15) is 11.5 Å². The highest BCUT2D eigenvalue weighted by Gasteiger charge is 2.47. The van der Waals surface area contributed by atoms with E-state index in [2.05, 4.69) is 13.8 Å². The van der Waals surface area contributed by atoms with Gasteiger partial charge in [0.05, 0.1) is 18.7 Å². The minimum atomic E-state index is -0.825. The second-order valence-electron chi connectivity index (χ2n) is 9.21. The van der Waals surface area contributed by atoms with E-state index in [1.165, 1.54) is 4.90 Å². The Hall–Kier alpha value is -4.26. The molecule has 2 aliphatic heterocycles. The van der Waals surface area contributed by atoms with Crippen LogP contribution < -0.4 is 19.1 Å². The summed E-state index contributed by atoms with van der Waals surface area (Å²) in [5, 5.41) is 11.4. The molecule has 184 valence electrons. The topological polar surface area (TPSA) is 85.3 Å². The summed E-state index contributed by atoms with van der Waals surface area (Å²) in [6.45, 7) is 6.14. The standard InChI is InChI=1S/C29H27NO6/c1-16(2)18-5-7-19(8-6-18)26-25(27(31)20-9-11-22(34-4)17(3)13-20)28(32)29(33)30(26)21-10-12-23-24(14-21)36-15-35-23/h5-14,16,26,31H,15H2,1-4H3/b27-25+. The third-order valence-corrected chi connectivity index (χ3v) is 6.67. The van der Waals surface area contributed by atoms with Crippen LogP contribution in [0.3, 0.4) is 0 Å². The average molecular weight is 486 g/mol. The quantitative estimate of drug-likeness (QED) is 0.293. The van der Waals surface area contributed by atoms with Gasteiger partial charge in [0.15, 0.2) is 11.5 Å². The number of Topliss-reactive ketones (excluding diaryl/α,β-unsaturated/α-hetero) is 1. The number of ether oxygens (including phenoxy) is 3. The molecule has 0 radical (unpaired) electrons. The first-order chi connectivity index (χ1) is 17.3. The van der Waals surface area contributed by atoms with Gasteiger partial charge in [-0.05, 0) is 59.9 Å². The molecule has 7 heteroatoms. The van der Waals surface area contributed by atoms with Crippen molar-refractivity contribution in [3.05, 3.63) is 88.5 Å². The molecule has 36 heavy (non-hydrogen) atoms. The van der Waals surface area contributed by atoms with Crippen molar-refractivity contribution in [2.24, 2.45) is 0 Å². The molecule has 1 amide bonds. The number of carbonyl (C=O) groups excluding carboxylic acids is 2. The molecule has 0 saturated carbocycles. The fourth-order valence-electron chi connectivity index (χ4n) is 4.69. The van der Waals surface area contributed by atoms with E-state index in [1.54, 1.807) is 43.5 Å². The van der Waals surface area contributed by atoms with E-state index in [0.717, 1.165) is 11.1 Å². The van der Waals surface area contributed by atoms with Gasteiger partial charge in [0.2, 0.25) is 6.79 Å². The van der Waals surface area contributed by atoms with Crippen LogP contribution >= 0.6 is 0 Å². The maximum atomic E-state index is 13.4. The zero-order valence-corrected chi connectivity index (χ0v) is 20.6. The van der Waals surface area contributed by atoms with Crippen LogP contribution in [0.5, 0.6) is 17.2 Å². The maximum Gasteiger partial charge on any atom is 0.300 e. The monoisotopic (exact) mass is 485 g/mol. The fraction of sp³-hybridized carbons (Fsp3) is 0.241. The van der Waals surface area contributed by atoms with E-state index in [4.69, 9.17) is 14.2 Å². The van der Waals surface area contributed by atoms with Gasteiger partial charge < -0.3 is 19.3 Å². The Morgan fingerprint density at radius 1 is 1.00 bits per heavy atom. The summed E-state index contributed by atoms with van der Waals surface area (Å²) in [4.78, 5) is 28.2. The van der Waals surface area contributed by atoms with Crippen molar-refractivity contribution in [1.29, 1.82) is 0 Å². The van der Waals surface area contributed by atoms with Gasteiger partial charge in [-0.15, -0.1) is 0 Å². The van der Waals surface area contributed by atoms with E-state index in [-0.39, 0.29) is 18.1 Å². The molecule has 0 aromatic heterocycles. The van der Waals surface area contributed by atoms with Gasteiger partial charge in [0, 0.05) is 17.3 Å². The first kappa shape index (κ1) is 23.5. The number of amides is 1. The van der Waals surface area contributed by atoms with Gasteiger partial charge >= 0.3 is 0 Å². The lowest BCUT2D eigenvalue weighted by Gasteiger charge is -2.26. The molecule has 2 heterocycles. The first-order valence-electron chi connectivity index (χ1n) is 11.8. The number of ketones is 1. The molecular weight excluding hydrogens is 458 g/mol. The van der Waals surface area contributed by atoms with Gasteiger partial charge in [-0.25, -0.2) is 0 Å². The van der Waals surface area contributed by atoms with Gasteiger partial charge in [-0.1, -0.05) is 38.1 Å². The van der Waals surface area contributed by atoms with Crippen molar-refractivity contribution in [2.45, 2.75) is 32.7 Å². The molecule has 0 aliphatic carbocycles. The van der Waals surface area contributed by atoms with Crippen LogP contribution in [-0.4, -0.2) is 30.7 Å². The minimum absolute atomic E-state index is 0.0273. The van der Waals surface area contributed by atoms with Crippen LogP contribution in [-0.2, 0) is 9.59 Å². The number of aliphatic hydroxyl groups excluding tert-OH is 1. The van der Waals surface area contributed by atoms with Crippen LogP contribution in [0, 0.1) is 6.92 Å². The van der Waals surface area contributed by atoms with Crippen LogP contribution in [0.2, 0.25) is 0 Å². The number of aliphatic hydroxyl groups is 1. The first-order valence-corrected chi connectivity index (χ1v) is 11.8. The number of carbonyl (C=O) groups is 2. The second-order valence-corrected chi connectivity index (χ2v) is 9.21. The van der Waals surface area contributed by atoms with Gasteiger partial charge in [-0.2, -0.15) is 0 Å². The van der Waals surface area contributed by atoms with E-state index in [9.17, 15) is 14.7 Å². The van der Waals surface area contributed by atoms with E-state index in [0.29, 0.717) is 40.0 Å². The van der Waals surface area contributed by atoms with E-state index >= 15 is 0 Å². The fourth-order valence-corrected chi connectivity index (χ4v) is 4.69. The van der Waals surface area contributed by atoms with E-state index in [1.807, 2.05) is 31.2 Å². The molecule has 1 atom stereocenters. The van der Waals surface area contributed by atoms with Crippen molar-refractivity contribution >= 4 is 23.1 Å². The average Bonchev–Trinajstić information content (AvgIpc) is 3.45. The van der Waals surface area contributed by atoms with Crippen LogP contribution in [0.1, 0.15) is 48.1 Å². The number of hydrogen-bond donors (Lipinski definition) is 1. The Bertz CT molecular complexity index is 1390. The summed E-state index contributed by atoms with van der Waals surface area (Å²) in [5.41, 5.74) is 3.57. The van der Waals surface area contributed by atoms with E-state index < -0.39 is 17.7 Å². The van der Waals surface area contributed by atoms with Crippen molar-refractivity contribution in [3.63, 3.8) is 0 Å². The number of benzene rings is 3. The lowest BCUT2D eigenvalue weighted by atomic mass is 9.92. The zero-order valence-electron chi connectivity index (χ0n) is 20.6. The lowest BCUT2D eigenvalue weighted by Crippen LogP contribution is -2.29. The van der Waals surface area contributed by atoms with Crippen molar-refractivity contribution in [2.75, 3.05) is 18.8 Å². The number of nitrogens with zero attached hydrogens (tertiary/aromatic N) is 1. The molecule has 0 spiro atoms.